The first-order valence-electron chi connectivity index (χ1n) is 8.73. The lowest BCUT2D eigenvalue weighted by Gasteiger charge is -2.02. The number of anilines is 2. The summed E-state index contributed by atoms with van der Waals surface area (Å²) in [7, 11) is 0. The summed E-state index contributed by atoms with van der Waals surface area (Å²) in [6.45, 7) is 1.94. The Bertz CT molecular complexity index is 1280. The molecule has 0 aliphatic carbocycles. The van der Waals surface area contributed by atoms with Crippen molar-refractivity contribution < 1.29 is 18.9 Å². The van der Waals surface area contributed by atoms with Gasteiger partial charge in [0, 0.05) is 11.3 Å². The molecule has 150 valence electrons. The van der Waals surface area contributed by atoms with Gasteiger partial charge in [0.2, 0.25) is 0 Å². The van der Waals surface area contributed by atoms with E-state index in [1.807, 2.05) is 19.1 Å². The zero-order valence-corrected chi connectivity index (χ0v) is 16.4. The summed E-state index contributed by atoms with van der Waals surface area (Å²) in [5.41, 5.74) is 2.71. The lowest BCUT2D eigenvalue weighted by atomic mass is 10.1. The maximum atomic E-state index is 12.4. The van der Waals surface area contributed by atoms with Gasteiger partial charge in [-0.05, 0) is 43.3 Å². The van der Waals surface area contributed by atoms with Gasteiger partial charge in [-0.25, -0.2) is 4.98 Å². The van der Waals surface area contributed by atoms with E-state index in [1.165, 1.54) is 17.4 Å². The number of hydrogen-bond donors (Lipinski definition) is 2. The minimum absolute atomic E-state index is 0.169. The fourth-order valence-corrected chi connectivity index (χ4v) is 3.57. The van der Waals surface area contributed by atoms with Crippen molar-refractivity contribution in [3.8, 4) is 0 Å². The van der Waals surface area contributed by atoms with Crippen molar-refractivity contribution in [3.05, 3.63) is 81.6 Å². The molecule has 0 bridgehead atoms. The fraction of sp³-hybridized carbons (Fsp3) is 0.0500. The molecule has 30 heavy (non-hydrogen) atoms. The molecular formula is C20H14N4O5S. The van der Waals surface area contributed by atoms with Crippen LogP contribution in [0.25, 0.3) is 10.2 Å². The molecule has 0 saturated heterocycles. The molecule has 4 aromatic rings. The van der Waals surface area contributed by atoms with Crippen molar-refractivity contribution in [2.24, 2.45) is 0 Å². The summed E-state index contributed by atoms with van der Waals surface area (Å²) in [4.78, 5) is 38.9. The molecule has 0 radical (unpaired) electrons. The van der Waals surface area contributed by atoms with E-state index in [1.54, 1.807) is 30.3 Å². The van der Waals surface area contributed by atoms with Gasteiger partial charge in [-0.15, -0.1) is 0 Å². The third kappa shape index (κ3) is 4.03. The lowest BCUT2D eigenvalue weighted by Crippen LogP contribution is -2.11. The number of nitro groups is 1. The Balaban J connectivity index is 1.49. The molecule has 10 heteroatoms. The number of thiazole rings is 1. The van der Waals surface area contributed by atoms with Crippen molar-refractivity contribution >= 4 is 50.1 Å². The Kier molecular flexibility index (Phi) is 4.98. The minimum Gasteiger partial charge on any atom is -0.395 e. The van der Waals surface area contributed by atoms with Crippen LogP contribution in [0, 0.1) is 17.0 Å². The molecule has 2 aromatic heterocycles. The summed E-state index contributed by atoms with van der Waals surface area (Å²) < 4.78 is 5.64. The molecule has 2 amide bonds. The molecule has 0 atom stereocenters. The standard InChI is InChI=1S/C20H14N4O5S/c1-11-2-4-12(5-3-11)18(25)23-20-22-14-7-6-13(10-16(14)30-20)21-19(26)15-8-9-17(29-15)24(27)28/h2-10H,1H3,(H,21,26)(H,22,23,25). The van der Waals surface area contributed by atoms with Crippen LogP contribution in [-0.2, 0) is 0 Å². The van der Waals surface area contributed by atoms with Crippen LogP contribution in [-0.4, -0.2) is 21.7 Å². The van der Waals surface area contributed by atoms with Crippen molar-refractivity contribution in [3.63, 3.8) is 0 Å². The number of furan rings is 1. The molecule has 0 aliphatic rings. The Morgan fingerprint density at radius 3 is 2.50 bits per heavy atom. The molecule has 2 N–H and O–H groups in total. The predicted octanol–water partition coefficient (Wildman–Crippen LogP) is 4.61. The maximum Gasteiger partial charge on any atom is 0.433 e. The van der Waals surface area contributed by atoms with Crippen LogP contribution in [0.3, 0.4) is 0 Å². The number of carbonyl (C=O) groups excluding carboxylic acids is 2. The average Bonchev–Trinajstić information content (AvgIpc) is 3.35. The van der Waals surface area contributed by atoms with Crippen LogP contribution < -0.4 is 10.6 Å². The zero-order valence-electron chi connectivity index (χ0n) is 15.5. The lowest BCUT2D eigenvalue weighted by molar-refractivity contribution is -0.402. The molecule has 0 saturated carbocycles. The predicted molar refractivity (Wildman–Crippen MR) is 112 cm³/mol. The first-order valence-corrected chi connectivity index (χ1v) is 9.55. The largest absolute Gasteiger partial charge is 0.433 e. The molecule has 2 heterocycles. The molecular weight excluding hydrogens is 408 g/mol. The second-order valence-electron chi connectivity index (χ2n) is 6.37. The summed E-state index contributed by atoms with van der Waals surface area (Å²) >= 11 is 1.26. The topological polar surface area (TPSA) is 127 Å². The smallest absolute Gasteiger partial charge is 0.395 e. The van der Waals surface area contributed by atoms with Crippen LogP contribution in [0.5, 0.6) is 0 Å². The Morgan fingerprint density at radius 2 is 1.80 bits per heavy atom. The molecule has 0 aliphatic heterocycles. The number of hydrogen-bond acceptors (Lipinski definition) is 7. The number of benzene rings is 2. The molecule has 0 unspecified atom stereocenters. The van der Waals surface area contributed by atoms with Gasteiger partial charge < -0.3 is 9.73 Å². The molecule has 9 nitrogen and oxygen atoms in total. The second kappa shape index (κ2) is 7.76. The number of nitrogens with zero attached hydrogens (tertiary/aromatic N) is 2. The van der Waals surface area contributed by atoms with E-state index >= 15 is 0 Å². The summed E-state index contributed by atoms with van der Waals surface area (Å²) in [6, 6.07) is 14.6. The first kappa shape index (κ1) is 19.3. The van der Waals surface area contributed by atoms with E-state index in [0.717, 1.165) is 16.3 Å². The van der Waals surface area contributed by atoms with Crippen LogP contribution in [0.2, 0.25) is 0 Å². The number of amides is 2. The van der Waals surface area contributed by atoms with Crippen molar-refractivity contribution in [2.75, 3.05) is 10.6 Å². The SMILES string of the molecule is Cc1ccc(C(=O)Nc2nc3ccc(NC(=O)c4ccc([N+](=O)[O-])o4)cc3s2)cc1. The Morgan fingerprint density at radius 1 is 1.03 bits per heavy atom. The Labute approximate surface area is 173 Å². The number of aryl methyl sites for hydroxylation is 1. The van der Waals surface area contributed by atoms with Crippen LogP contribution >= 0.6 is 11.3 Å². The van der Waals surface area contributed by atoms with Crippen molar-refractivity contribution in [1.82, 2.24) is 4.98 Å². The quantitative estimate of drug-likeness (QED) is 0.357. The second-order valence-corrected chi connectivity index (χ2v) is 7.40. The number of carbonyl (C=O) groups is 2. The third-order valence-corrected chi connectivity index (χ3v) is 5.11. The summed E-state index contributed by atoms with van der Waals surface area (Å²) in [5, 5.41) is 16.5. The Hall–Kier alpha value is -4.05. The minimum atomic E-state index is -0.716. The highest BCUT2D eigenvalue weighted by molar-refractivity contribution is 7.22. The van der Waals surface area contributed by atoms with Crippen molar-refractivity contribution in [1.29, 1.82) is 0 Å². The van der Waals surface area contributed by atoms with E-state index in [4.69, 9.17) is 4.42 Å². The van der Waals surface area contributed by atoms with E-state index in [9.17, 15) is 19.7 Å². The van der Waals surface area contributed by atoms with Gasteiger partial charge in [-0.2, -0.15) is 0 Å². The summed E-state index contributed by atoms with van der Waals surface area (Å²) in [6.07, 6.45) is 0. The van der Waals surface area contributed by atoms with E-state index in [2.05, 4.69) is 15.6 Å². The van der Waals surface area contributed by atoms with E-state index < -0.39 is 16.7 Å². The number of nitrogens with one attached hydrogen (secondary N) is 2. The van der Waals surface area contributed by atoms with Gasteiger partial charge in [0.15, 0.2) is 10.9 Å². The molecule has 2 aromatic carbocycles. The molecule has 0 fully saturated rings. The highest BCUT2D eigenvalue weighted by Gasteiger charge is 2.18. The average molecular weight is 422 g/mol. The number of fused-ring (bicyclic) bond motifs is 1. The molecule has 4 rings (SSSR count). The van der Waals surface area contributed by atoms with Gasteiger partial charge in [0.05, 0.1) is 16.3 Å². The van der Waals surface area contributed by atoms with Gasteiger partial charge in [0.1, 0.15) is 4.92 Å². The van der Waals surface area contributed by atoms with Gasteiger partial charge >= 0.3 is 5.88 Å². The fourth-order valence-electron chi connectivity index (χ4n) is 2.67. The van der Waals surface area contributed by atoms with Crippen LogP contribution in [0.1, 0.15) is 26.5 Å². The maximum absolute atomic E-state index is 12.4. The first-order chi connectivity index (χ1) is 14.4. The van der Waals surface area contributed by atoms with Gasteiger partial charge in [-0.1, -0.05) is 29.0 Å². The number of rotatable bonds is 5. The third-order valence-electron chi connectivity index (χ3n) is 4.18. The van der Waals surface area contributed by atoms with Crippen LogP contribution in [0.4, 0.5) is 16.7 Å². The highest BCUT2D eigenvalue weighted by atomic mass is 32.1. The monoisotopic (exact) mass is 422 g/mol. The zero-order chi connectivity index (χ0) is 21.3. The van der Waals surface area contributed by atoms with Crippen LogP contribution in [0.15, 0.2) is 59.0 Å². The normalized spacial score (nSPS) is 10.7. The molecule has 0 spiro atoms. The summed E-state index contributed by atoms with van der Waals surface area (Å²) in [5.74, 6) is -1.55. The van der Waals surface area contributed by atoms with E-state index in [-0.39, 0.29) is 11.7 Å². The van der Waals surface area contributed by atoms with Gasteiger partial charge in [-0.3, -0.25) is 25.0 Å². The van der Waals surface area contributed by atoms with E-state index in [0.29, 0.717) is 21.9 Å². The highest BCUT2D eigenvalue weighted by Crippen LogP contribution is 2.29. The van der Waals surface area contributed by atoms with Crippen molar-refractivity contribution in [2.45, 2.75) is 6.92 Å². The van der Waals surface area contributed by atoms with Gasteiger partial charge in [0.25, 0.3) is 11.8 Å². The number of aromatic nitrogens is 1.